The zero-order valence-corrected chi connectivity index (χ0v) is 15.7. The van der Waals surface area contributed by atoms with E-state index in [1.165, 1.54) is 22.2 Å². The van der Waals surface area contributed by atoms with Crippen LogP contribution in [0.25, 0.3) is 10.2 Å². The highest BCUT2D eigenvalue weighted by atomic mass is 32.1. The number of hydrogen-bond acceptors (Lipinski definition) is 5. The minimum absolute atomic E-state index is 0.0611. The van der Waals surface area contributed by atoms with Gasteiger partial charge in [0.05, 0.1) is 29.2 Å². The molecule has 0 unspecified atom stereocenters. The quantitative estimate of drug-likeness (QED) is 0.867. The molecule has 0 spiro atoms. The number of thiophene rings is 1. The zero-order chi connectivity index (χ0) is 18.0. The predicted octanol–water partition coefficient (Wildman–Crippen LogP) is 2.44. The number of aliphatic hydroxyl groups excluding tert-OH is 1. The molecule has 0 bridgehead atoms. The molecule has 0 aromatic carbocycles. The summed E-state index contributed by atoms with van der Waals surface area (Å²) in [6.07, 6.45) is 1.48. The molecule has 7 heteroatoms. The predicted molar refractivity (Wildman–Crippen MR) is 96.8 cm³/mol. The van der Waals surface area contributed by atoms with Crippen LogP contribution in [0.5, 0.6) is 0 Å². The van der Waals surface area contributed by atoms with Crippen molar-refractivity contribution in [2.24, 2.45) is 5.92 Å². The lowest BCUT2D eigenvalue weighted by molar-refractivity contribution is 0.0777. The van der Waals surface area contributed by atoms with Crippen molar-refractivity contribution < 1.29 is 9.90 Å². The maximum atomic E-state index is 12.9. The minimum Gasteiger partial charge on any atom is -0.394 e. The van der Waals surface area contributed by atoms with Gasteiger partial charge in [0.15, 0.2) is 0 Å². The first-order valence-corrected chi connectivity index (χ1v) is 9.09. The largest absolute Gasteiger partial charge is 0.394 e. The van der Waals surface area contributed by atoms with Gasteiger partial charge in [0.1, 0.15) is 4.83 Å². The molecule has 0 fully saturated rings. The normalized spacial score (nSPS) is 12.8. The van der Waals surface area contributed by atoms with Gasteiger partial charge >= 0.3 is 0 Å². The number of rotatable bonds is 6. The van der Waals surface area contributed by atoms with Crippen LogP contribution in [-0.4, -0.2) is 45.2 Å². The second-order valence-electron chi connectivity index (χ2n) is 6.16. The van der Waals surface area contributed by atoms with Gasteiger partial charge < -0.3 is 10.0 Å². The summed E-state index contributed by atoms with van der Waals surface area (Å²) in [4.78, 5) is 32.8. The Balaban J connectivity index is 2.63. The topological polar surface area (TPSA) is 75.4 Å². The third-order valence-electron chi connectivity index (χ3n) is 4.43. The second-order valence-corrected chi connectivity index (χ2v) is 7.16. The van der Waals surface area contributed by atoms with Crippen LogP contribution in [0, 0.1) is 12.8 Å². The van der Waals surface area contributed by atoms with Crippen LogP contribution in [0.3, 0.4) is 0 Å². The Kier molecular flexibility index (Phi) is 5.77. The van der Waals surface area contributed by atoms with Gasteiger partial charge in [-0.2, -0.15) is 0 Å². The van der Waals surface area contributed by atoms with Crippen molar-refractivity contribution in [3.8, 4) is 0 Å². The average molecular weight is 351 g/mol. The van der Waals surface area contributed by atoms with Gasteiger partial charge in [-0.25, -0.2) is 4.98 Å². The number of aromatic nitrogens is 2. The molecule has 2 rings (SSSR count). The van der Waals surface area contributed by atoms with Crippen LogP contribution in [0.2, 0.25) is 0 Å². The van der Waals surface area contributed by atoms with E-state index in [4.69, 9.17) is 0 Å². The lowest BCUT2D eigenvalue weighted by atomic mass is 10.1. The summed E-state index contributed by atoms with van der Waals surface area (Å²) in [6, 6.07) is -0.323. The van der Waals surface area contributed by atoms with Crippen molar-refractivity contribution in [3.63, 3.8) is 0 Å². The van der Waals surface area contributed by atoms with Crippen molar-refractivity contribution in [2.45, 2.75) is 40.7 Å². The van der Waals surface area contributed by atoms with Crippen LogP contribution in [0.1, 0.15) is 49.0 Å². The third-order valence-corrected chi connectivity index (χ3v) is 5.62. The molecule has 2 heterocycles. The van der Waals surface area contributed by atoms with E-state index in [0.717, 1.165) is 0 Å². The van der Waals surface area contributed by atoms with E-state index < -0.39 is 0 Å². The van der Waals surface area contributed by atoms with Crippen molar-refractivity contribution >= 4 is 27.5 Å². The van der Waals surface area contributed by atoms with Gasteiger partial charge in [-0.1, -0.05) is 13.8 Å². The van der Waals surface area contributed by atoms with Crippen molar-refractivity contribution in [1.82, 2.24) is 14.5 Å². The molecule has 0 saturated carbocycles. The van der Waals surface area contributed by atoms with E-state index in [-0.39, 0.29) is 30.0 Å². The summed E-state index contributed by atoms with van der Waals surface area (Å²) in [7, 11) is 0. The van der Waals surface area contributed by atoms with Crippen LogP contribution < -0.4 is 5.56 Å². The molecule has 2 aromatic heterocycles. The van der Waals surface area contributed by atoms with Crippen molar-refractivity contribution in [1.29, 1.82) is 0 Å². The molecule has 24 heavy (non-hydrogen) atoms. The van der Waals surface area contributed by atoms with E-state index in [2.05, 4.69) is 4.98 Å². The minimum atomic E-state index is -0.323. The Labute approximate surface area is 145 Å². The molecule has 0 aliphatic carbocycles. The molecule has 0 radical (unpaired) electrons. The Bertz CT molecular complexity index is 790. The Morgan fingerprint density at radius 2 is 2.00 bits per heavy atom. The fourth-order valence-electron chi connectivity index (χ4n) is 2.85. The standard InChI is InChI=1S/C17H25N3O3S/c1-6-19(7-2)17(23)14-11(5)13-15(24-14)18-9-20(16(13)22)12(8-21)10(3)4/h9-10,12,21H,6-8H2,1-5H3/t12-/m0/s1. The zero-order valence-electron chi connectivity index (χ0n) is 14.9. The second kappa shape index (κ2) is 7.44. The third kappa shape index (κ3) is 3.10. The maximum absolute atomic E-state index is 12.9. The number of carbonyl (C=O) groups is 1. The molecule has 1 amide bonds. The van der Waals surface area contributed by atoms with E-state index in [1.54, 1.807) is 11.8 Å². The average Bonchev–Trinajstić information content (AvgIpc) is 2.88. The van der Waals surface area contributed by atoms with Gasteiger partial charge in [0, 0.05) is 13.1 Å². The van der Waals surface area contributed by atoms with Crippen LogP contribution in [0.4, 0.5) is 0 Å². The summed E-state index contributed by atoms with van der Waals surface area (Å²) in [6.45, 7) is 10.7. The maximum Gasteiger partial charge on any atom is 0.264 e. The van der Waals surface area contributed by atoms with E-state index in [0.29, 0.717) is 33.7 Å². The lowest BCUT2D eigenvalue weighted by Gasteiger charge is -2.20. The summed E-state index contributed by atoms with van der Waals surface area (Å²) in [5.41, 5.74) is 0.485. The van der Waals surface area contributed by atoms with Gasteiger partial charge in [0.25, 0.3) is 11.5 Å². The fraction of sp³-hybridized carbons (Fsp3) is 0.588. The molecule has 2 aromatic rings. The first-order chi connectivity index (χ1) is 11.4. The molecule has 1 atom stereocenters. The summed E-state index contributed by atoms with van der Waals surface area (Å²) in [5.74, 6) is 0.0386. The van der Waals surface area contributed by atoms with E-state index in [1.807, 2.05) is 27.7 Å². The van der Waals surface area contributed by atoms with Crippen molar-refractivity contribution in [2.75, 3.05) is 19.7 Å². The Morgan fingerprint density at radius 3 is 2.50 bits per heavy atom. The highest BCUT2D eigenvalue weighted by Gasteiger charge is 2.24. The molecule has 1 N–H and O–H groups in total. The lowest BCUT2D eigenvalue weighted by Crippen LogP contribution is -2.31. The van der Waals surface area contributed by atoms with Crippen LogP contribution in [-0.2, 0) is 0 Å². The number of amides is 1. The number of aliphatic hydroxyl groups is 1. The number of aryl methyl sites for hydroxylation is 1. The summed E-state index contributed by atoms with van der Waals surface area (Å²) >= 11 is 1.26. The molecule has 0 aliphatic heterocycles. The Morgan fingerprint density at radius 1 is 1.38 bits per heavy atom. The SMILES string of the molecule is CCN(CC)C(=O)c1sc2ncn([C@@H](CO)C(C)C)c(=O)c2c1C. The molecule has 0 saturated heterocycles. The van der Waals surface area contributed by atoms with Gasteiger partial charge in [-0.3, -0.25) is 14.2 Å². The van der Waals surface area contributed by atoms with Crippen LogP contribution in [0.15, 0.2) is 11.1 Å². The smallest absolute Gasteiger partial charge is 0.264 e. The van der Waals surface area contributed by atoms with Gasteiger partial charge in [-0.15, -0.1) is 11.3 Å². The van der Waals surface area contributed by atoms with Crippen molar-refractivity contribution in [3.05, 3.63) is 27.1 Å². The molecule has 0 aliphatic rings. The van der Waals surface area contributed by atoms with E-state index in [9.17, 15) is 14.7 Å². The first-order valence-electron chi connectivity index (χ1n) is 8.27. The number of nitrogens with zero attached hydrogens (tertiary/aromatic N) is 3. The molecule has 132 valence electrons. The monoisotopic (exact) mass is 351 g/mol. The molecular formula is C17H25N3O3S. The Hall–Kier alpha value is -1.73. The molecular weight excluding hydrogens is 326 g/mol. The first kappa shape index (κ1) is 18.6. The number of carbonyl (C=O) groups excluding carboxylic acids is 1. The highest BCUT2D eigenvalue weighted by Crippen LogP contribution is 2.28. The summed E-state index contributed by atoms with van der Waals surface area (Å²) < 4.78 is 1.48. The summed E-state index contributed by atoms with van der Waals surface area (Å²) in [5, 5.41) is 10.1. The van der Waals surface area contributed by atoms with Gasteiger partial charge in [0.2, 0.25) is 0 Å². The highest BCUT2D eigenvalue weighted by molar-refractivity contribution is 7.20. The molecule has 6 nitrogen and oxygen atoms in total. The van der Waals surface area contributed by atoms with E-state index >= 15 is 0 Å². The van der Waals surface area contributed by atoms with Crippen LogP contribution >= 0.6 is 11.3 Å². The van der Waals surface area contributed by atoms with Gasteiger partial charge in [-0.05, 0) is 32.3 Å². The number of fused-ring (bicyclic) bond motifs is 1. The number of hydrogen-bond donors (Lipinski definition) is 1. The fourth-order valence-corrected chi connectivity index (χ4v) is 3.96.